The van der Waals surface area contributed by atoms with Crippen LogP contribution < -0.4 is 14.8 Å². The Labute approximate surface area is 195 Å². The molecule has 0 amide bonds. The van der Waals surface area contributed by atoms with E-state index in [1.165, 1.54) is 14.2 Å². The van der Waals surface area contributed by atoms with Gasteiger partial charge in [-0.25, -0.2) is 0 Å². The molecule has 0 aliphatic rings. The Bertz CT molecular complexity index is 1240. The van der Waals surface area contributed by atoms with E-state index in [0.29, 0.717) is 27.8 Å². The maximum absolute atomic E-state index is 14.8. The first-order chi connectivity index (χ1) is 15.6. The molecule has 3 aromatic carbocycles. The molecule has 0 spiro atoms. The van der Waals surface area contributed by atoms with Crippen LogP contribution in [0.25, 0.3) is 0 Å². The van der Waals surface area contributed by atoms with Gasteiger partial charge in [-0.05, 0) is 62.9 Å². The molecule has 3 rings (SSSR count). The third kappa shape index (κ3) is 4.14. The summed E-state index contributed by atoms with van der Waals surface area (Å²) >= 11 is 0. The summed E-state index contributed by atoms with van der Waals surface area (Å²) in [6.45, 7) is 9.12. The summed E-state index contributed by atoms with van der Waals surface area (Å²) in [6.07, 6.45) is 0. The summed E-state index contributed by atoms with van der Waals surface area (Å²) in [4.78, 5) is 28.2. The Kier molecular flexibility index (Phi) is 6.94. The zero-order valence-corrected chi connectivity index (χ0v) is 21.0. The average molecular weight is 464 g/mol. The lowest BCUT2D eigenvalue weighted by atomic mass is 10.0. The SMILES string of the molecule is COc1c(C)cc(C)c(OC)c1C(=O)P(=O)(C(=O)c1c(C)cc(C)cc1C)c1ccccc1. The van der Waals surface area contributed by atoms with Gasteiger partial charge in [-0.15, -0.1) is 0 Å². The van der Waals surface area contributed by atoms with Crippen LogP contribution in [-0.2, 0) is 4.57 Å². The molecule has 0 saturated heterocycles. The Hall–Kier alpha value is -3.17. The van der Waals surface area contributed by atoms with E-state index in [2.05, 4.69) is 0 Å². The maximum atomic E-state index is 14.8. The van der Waals surface area contributed by atoms with Crippen LogP contribution in [0.4, 0.5) is 0 Å². The van der Waals surface area contributed by atoms with E-state index >= 15 is 0 Å². The third-order valence-electron chi connectivity index (χ3n) is 5.81. The molecule has 0 bridgehead atoms. The smallest absolute Gasteiger partial charge is 0.249 e. The van der Waals surface area contributed by atoms with E-state index in [1.54, 1.807) is 58.0 Å². The molecule has 1 unspecified atom stereocenters. The second-order valence-corrected chi connectivity index (χ2v) is 10.8. The number of rotatable bonds is 7. The number of carbonyl (C=O) groups is 2. The topological polar surface area (TPSA) is 69.7 Å². The van der Waals surface area contributed by atoms with Gasteiger partial charge in [-0.3, -0.25) is 9.59 Å². The molecule has 33 heavy (non-hydrogen) atoms. The van der Waals surface area contributed by atoms with Gasteiger partial charge in [-0.2, -0.15) is 0 Å². The van der Waals surface area contributed by atoms with E-state index in [4.69, 9.17) is 9.47 Å². The molecule has 0 aliphatic heterocycles. The molecule has 0 N–H and O–H groups in total. The summed E-state index contributed by atoms with van der Waals surface area (Å²) in [5.41, 5.74) is 2.59. The molecule has 172 valence electrons. The van der Waals surface area contributed by atoms with E-state index in [0.717, 1.165) is 5.56 Å². The predicted octanol–water partition coefficient (Wildman–Crippen LogP) is 5.92. The van der Waals surface area contributed by atoms with Crippen molar-refractivity contribution in [3.05, 3.63) is 87.5 Å². The number of methoxy groups -OCH3 is 2. The van der Waals surface area contributed by atoms with Crippen molar-refractivity contribution in [2.24, 2.45) is 0 Å². The molecule has 0 aliphatic carbocycles. The van der Waals surface area contributed by atoms with Gasteiger partial charge in [-0.1, -0.05) is 48.0 Å². The number of carbonyl (C=O) groups excluding carboxylic acids is 2. The molecule has 0 saturated carbocycles. The highest BCUT2D eigenvalue weighted by Gasteiger charge is 2.46. The van der Waals surface area contributed by atoms with Crippen LogP contribution in [0.1, 0.15) is 48.5 Å². The fourth-order valence-electron chi connectivity index (χ4n) is 4.47. The van der Waals surface area contributed by atoms with Crippen molar-refractivity contribution < 1.29 is 23.6 Å². The van der Waals surface area contributed by atoms with E-state index in [-0.39, 0.29) is 22.4 Å². The Morgan fingerprint density at radius 3 is 1.58 bits per heavy atom. The van der Waals surface area contributed by atoms with Crippen molar-refractivity contribution in [2.45, 2.75) is 34.6 Å². The van der Waals surface area contributed by atoms with Crippen molar-refractivity contribution in [2.75, 3.05) is 14.2 Å². The van der Waals surface area contributed by atoms with Gasteiger partial charge < -0.3 is 14.0 Å². The minimum absolute atomic E-state index is 0.0282. The summed E-state index contributed by atoms with van der Waals surface area (Å²) in [5.74, 6) is 0.507. The van der Waals surface area contributed by atoms with Crippen molar-refractivity contribution in [3.8, 4) is 11.5 Å². The molecule has 6 heteroatoms. The molecule has 0 fully saturated rings. The molecule has 0 aromatic heterocycles. The lowest BCUT2D eigenvalue weighted by Gasteiger charge is -2.23. The number of benzene rings is 3. The highest BCUT2D eigenvalue weighted by atomic mass is 31.2. The van der Waals surface area contributed by atoms with Gasteiger partial charge in [0.25, 0.3) is 0 Å². The monoisotopic (exact) mass is 464 g/mol. The summed E-state index contributed by atoms with van der Waals surface area (Å²) < 4.78 is 25.8. The minimum atomic E-state index is -4.32. The van der Waals surface area contributed by atoms with E-state index < -0.39 is 18.2 Å². The average Bonchev–Trinajstić information content (AvgIpc) is 2.77. The molecule has 1 atom stereocenters. The van der Waals surface area contributed by atoms with Crippen molar-refractivity contribution in [3.63, 3.8) is 0 Å². The van der Waals surface area contributed by atoms with Gasteiger partial charge in [0.05, 0.1) is 14.2 Å². The Morgan fingerprint density at radius 2 is 1.12 bits per heavy atom. The van der Waals surface area contributed by atoms with Gasteiger partial charge in [0, 0.05) is 10.9 Å². The fraction of sp³-hybridized carbons (Fsp3) is 0.259. The number of hydrogen-bond acceptors (Lipinski definition) is 5. The maximum Gasteiger partial charge on any atom is 0.249 e. The molecule has 0 radical (unpaired) electrons. The van der Waals surface area contributed by atoms with Gasteiger partial charge in [0.2, 0.25) is 18.2 Å². The van der Waals surface area contributed by atoms with Crippen LogP contribution in [0.2, 0.25) is 0 Å². The van der Waals surface area contributed by atoms with Crippen LogP contribution in [-0.4, -0.2) is 25.3 Å². The molecule has 3 aromatic rings. The minimum Gasteiger partial charge on any atom is -0.496 e. The van der Waals surface area contributed by atoms with E-state index in [9.17, 15) is 14.2 Å². The van der Waals surface area contributed by atoms with Gasteiger partial charge in [0.1, 0.15) is 17.1 Å². The molecule has 0 heterocycles. The molecular formula is C27H29O5P. The van der Waals surface area contributed by atoms with E-state index in [1.807, 2.05) is 25.1 Å². The number of aryl methyl sites for hydroxylation is 5. The van der Waals surface area contributed by atoms with Crippen LogP contribution in [0.5, 0.6) is 11.5 Å². The normalized spacial score (nSPS) is 12.7. The zero-order valence-electron chi connectivity index (χ0n) is 20.1. The standard InChI is InChI=1S/C27H29O5P/c1-16-13-17(2)22(18(3)14-16)26(28)33(30,21-11-9-8-10-12-21)27(29)23-24(31-6)19(4)15-20(5)25(23)32-7/h8-15H,1-7H3. The number of hydrogen-bond donors (Lipinski definition) is 0. The van der Waals surface area contributed by atoms with Crippen LogP contribution in [0.15, 0.2) is 48.5 Å². The number of ether oxygens (including phenoxy) is 2. The second kappa shape index (κ2) is 9.36. The summed E-state index contributed by atoms with van der Waals surface area (Å²) in [5, 5.41) is 0.183. The van der Waals surface area contributed by atoms with Crippen LogP contribution in [0, 0.1) is 34.6 Å². The first kappa shape index (κ1) is 24.5. The van der Waals surface area contributed by atoms with Crippen molar-refractivity contribution >= 4 is 23.5 Å². The lowest BCUT2D eigenvalue weighted by Crippen LogP contribution is -2.23. The summed E-state index contributed by atoms with van der Waals surface area (Å²) in [7, 11) is -1.44. The van der Waals surface area contributed by atoms with Gasteiger partial charge >= 0.3 is 0 Å². The Balaban J connectivity index is 2.39. The first-order valence-electron chi connectivity index (χ1n) is 10.6. The lowest BCUT2D eigenvalue weighted by molar-refractivity contribution is 0.103. The third-order valence-corrected chi connectivity index (χ3v) is 8.42. The van der Waals surface area contributed by atoms with Crippen LogP contribution in [0.3, 0.4) is 0 Å². The summed E-state index contributed by atoms with van der Waals surface area (Å²) in [6, 6.07) is 13.8. The largest absolute Gasteiger partial charge is 0.496 e. The highest BCUT2D eigenvalue weighted by Crippen LogP contribution is 2.55. The Morgan fingerprint density at radius 1 is 0.667 bits per heavy atom. The van der Waals surface area contributed by atoms with Crippen LogP contribution >= 0.6 is 7.14 Å². The molecular weight excluding hydrogens is 435 g/mol. The zero-order chi connectivity index (χ0) is 24.5. The first-order valence-corrected chi connectivity index (χ1v) is 12.3. The predicted molar refractivity (Wildman–Crippen MR) is 132 cm³/mol. The van der Waals surface area contributed by atoms with Gasteiger partial charge in [0.15, 0.2) is 0 Å². The fourth-order valence-corrected chi connectivity index (χ4v) is 6.90. The second-order valence-electron chi connectivity index (χ2n) is 8.28. The van der Waals surface area contributed by atoms with Crippen molar-refractivity contribution in [1.82, 2.24) is 0 Å². The quantitative estimate of drug-likeness (QED) is 0.406. The molecule has 5 nitrogen and oxygen atoms in total. The highest BCUT2D eigenvalue weighted by molar-refractivity contribution is 8.01. The van der Waals surface area contributed by atoms with Crippen molar-refractivity contribution in [1.29, 1.82) is 0 Å².